The van der Waals surface area contributed by atoms with E-state index in [1.165, 1.54) is 0 Å². The molecule has 0 spiro atoms. The van der Waals surface area contributed by atoms with Gasteiger partial charge in [-0.2, -0.15) is 0 Å². The van der Waals surface area contributed by atoms with E-state index in [9.17, 15) is 4.79 Å². The summed E-state index contributed by atoms with van der Waals surface area (Å²) in [6.45, 7) is 5.96. The van der Waals surface area contributed by atoms with Crippen molar-refractivity contribution in [3.05, 3.63) is 29.3 Å². The molecule has 0 unspecified atom stereocenters. The van der Waals surface area contributed by atoms with Crippen molar-refractivity contribution in [3.8, 4) is 0 Å². The van der Waals surface area contributed by atoms with Gasteiger partial charge < -0.3 is 10.6 Å². The number of amides is 1. The van der Waals surface area contributed by atoms with E-state index in [2.05, 4.69) is 10.6 Å². The molecule has 4 heteroatoms. The molecule has 18 heavy (non-hydrogen) atoms. The monoisotopic (exact) mass is 268 g/mol. The fraction of sp³-hybridized carbons (Fsp3) is 0.500. The van der Waals surface area contributed by atoms with E-state index in [4.69, 9.17) is 0 Å². The van der Waals surface area contributed by atoms with E-state index in [0.717, 1.165) is 42.7 Å². The molecule has 1 aromatic carbocycles. The minimum absolute atomic E-state index is 0. The number of piperidine rings is 1. The van der Waals surface area contributed by atoms with E-state index in [1.54, 1.807) is 0 Å². The number of benzene rings is 1. The van der Waals surface area contributed by atoms with Crippen molar-refractivity contribution >= 4 is 24.0 Å². The van der Waals surface area contributed by atoms with Gasteiger partial charge in [-0.05, 0) is 50.9 Å². The number of hydrogen-bond acceptors (Lipinski definition) is 2. The highest BCUT2D eigenvalue weighted by atomic mass is 35.5. The predicted octanol–water partition coefficient (Wildman–Crippen LogP) is 2.66. The minimum Gasteiger partial charge on any atom is -0.325 e. The van der Waals surface area contributed by atoms with Crippen molar-refractivity contribution in [2.45, 2.75) is 26.7 Å². The lowest BCUT2D eigenvalue weighted by atomic mass is 9.97. The van der Waals surface area contributed by atoms with E-state index in [-0.39, 0.29) is 24.2 Å². The molecule has 0 radical (unpaired) electrons. The maximum atomic E-state index is 12.1. The SMILES string of the molecule is Cc1cccc(C)c1NC(=O)C1CCNCC1.Cl. The molecule has 3 nitrogen and oxygen atoms in total. The number of carbonyl (C=O) groups excluding carboxylic acids is 1. The van der Waals surface area contributed by atoms with E-state index < -0.39 is 0 Å². The van der Waals surface area contributed by atoms with Crippen LogP contribution in [0.3, 0.4) is 0 Å². The Morgan fingerprint density at radius 2 is 1.78 bits per heavy atom. The number of nitrogens with one attached hydrogen (secondary N) is 2. The lowest BCUT2D eigenvalue weighted by Crippen LogP contribution is -2.34. The van der Waals surface area contributed by atoms with E-state index in [0.29, 0.717) is 0 Å². The molecular weight excluding hydrogens is 248 g/mol. The number of para-hydroxylation sites is 1. The van der Waals surface area contributed by atoms with Gasteiger partial charge in [0.2, 0.25) is 5.91 Å². The zero-order valence-corrected chi connectivity index (χ0v) is 11.8. The molecule has 0 atom stereocenters. The summed E-state index contributed by atoms with van der Waals surface area (Å²) in [5.74, 6) is 0.333. The summed E-state index contributed by atoms with van der Waals surface area (Å²) in [6, 6.07) is 6.08. The topological polar surface area (TPSA) is 41.1 Å². The van der Waals surface area contributed by atoms with Crippen LogP contribution in [0.15, 0.2) is 18.2 Å². The average Bonchev–Trinajstić information content (AvgIpc) is 2.35. The summed E-state index contributed by atoms with van der Waals surface area (Å²) in [6.07, 6.45) is 1.88. The van der Waals surface area contributed by atoms with Gasteiger partial charge in [-0.25, -0.2) is 0 Å². The second kappa shape index (κ2) is 6.76. The highest BCUT2D eigenvalue weighted by molar-refractivity contribution is 5.94. The van der Waals surface area contributed by atoms with Gasteiger partial charge in [-0.3, -0.25) is 4.79 Å². The third-order valence-electron chi connectivity index (χ3n) is 3.44. The molecule has 2 N–H and O–H groups in total. The maximum absolute atomic E-state index is 12.1. The largest absolute Gasteiger partial charge is 0.325 e. The number of anilines is 1. The molecule has 1 aliphatic rings. The van der Waals surface area contributed by atoms with Crippen LogP contribution in [0, 0.1) is 19.8 Å². The fourth-order valence-electron chi connectivity index (χ4n) is 2.32. The number of aryl methyl sites for hydroxylation is 2. The van der Waals surface area contributed by atoms with E-state index >= 15 is 0 Å². The number of carbonyl (C=O) groups is 1. The zero-order valence-electron chi connectivity index (χ0n) is 11.0. The van der Waals surface area contributed by atoms with Crippen molar-refractivity contribution < 1.29 is 4.79 Å². The van der Waals surface area contributed by atoms with Gasteiger partial charge >= 0.3 is 0 Å². The van der Waals surface area contributed by atoms with Crippen LogP contribution in [0.4, 0.5) is 5.69 Å². The zero-order chi connectivity index (χ0) is 12.3. The summed E-state index contributed by atoms with van der Waals surface area (Å²) in [5.41, 5.74) is 3.25. The van der Waals surface area contributed by atoms with Crippen LogP contribution < -0.4 is 10.6 Å². The molecule has 0 bridgehead atoms. The van der Waals surface area contributed by atoms with Crippen molar-refractivity contribution in [2.75, 3.05) is 18.4 Å². The Bertz CT molecular complexity index is 394. The molecule has 1 saturated heterocycles. The van der Waals surface area contributed by atoms with Crippen LogP contribution in [-0.2, 0) is 4.79 Å². The molecule has 1 fully saturated rings. The summed E-state index contributed by atoms with van der Waals surface area (Å²) < 4.78 is 0. The number of rotatable bonds is 2. The lowest BCUT2D eigenvalue weighted by molar-refractivity contribution is -0.120. The first-order valence-electron chi connectivity index (χ1n) is 6.26. The molecule has 0 aliphatic carbocycles. The second-order valence-electron chi connectivity index (χ2n) is 4.78. The molecule has 100 valence electrons. The predicted molar refractivity (Wildman–Crippen MR) is 77.4 cm³/mol. The van der Waals surface area contributed by atoms with Crippen LogP contribution >= 0.6 is 12.4 Å². The molecule has 0 saturated carbocycles. The normalized spacial score (nSPS) is 15.9. The van der Waals surface area contributed by atoms with Gasteiger partial charge in [-0.1, -0.05) is 18.2 Å². The first kappa shape index (κ1) is 15.0. The van der Waals surface area contributed by atoms with Crippen molar-refractivity contribution in [3.63, 3.8) is 0 Å². The molecule has 0 aromatic heterocycles. The van der Waals surface area contributed by atoms with Gasteiger partial charge in [0.15, 0.2) is 0 Å². The summed E-state index contributed by atoms with van der Waals surface area (Å²) in [5, 5.41) is 6.36. The Balaban J connectivity index is 0.00000162. The van der Waals surface area contributed by atoms with Crippen LogP contribution in [-0.4, -0.2) is 19.0 Å². The maximum Gasteiger partial charge on any atom is 0.227 e. The van der Waals surface area contributed by atoms with Crippen molar-refractivity contribution in [1.29, 1.82) is 0 Å². The van der Waals surface area contributed by atoms with Crippen molar-refractivity contribution in [2.24, 2.45) is 5.92 Å². The number of hydrogen-bond donors (Lipinski definition) is 2. The van der Waals surface area contributed by atoms with Crippen LogP contribution in [0.25, 0.3) is 0 Å². The molecule has 1 heterocycles. The van der Waals surface area contributed by atoms with Gasteiger partial charge in [0.25, 0.3) is 0 Å². The summed E-state index contributed by atoms with van der Waals surface area (Å²) in [4.78, 5) is 12.1. The number of halogens is 1. The Morgan fingerprint density at radius 1 is 1.22 bits per heavy atom. The smallest absolute Gasteiger partial charge is 0.227 e. The quantitative estimate of drug-likeness (QED) is 0.866. The first-order chi connectivity index (χ1) is 8.18. The molecule has 1 aliphatic heterocycles. The molecular formula is C14H21ClN2O. The minimum atomic E-state index is 0. The molecule has 1 amide bonds. The van der Waals surface area contributed by atoms with Gasteiger partial charge in [-0.15, -0.1) is 12.4 Å². The van der Waals surface area contributed by atoms with Gasteiger partial charge in [0, 0.05) is 11.6 Å². The summed E-state index contributed by atoms with van der Waals surface area (Å²) in [7, 11) is 0. The average molecular weight is 269 g/mol. The van der Waals surface area contributed by atoms with Crippen molar-refractivity contribution in [1.82, 2.24) is 5.32 Å². The molecule has 2 rings (SSSR count). The lowest BCUT2D eigenvalue weighted by Gasteiger charge is -2.22. The Hall–Kier alpha value is -1.06. The summed E-state index contributed by atoms with van der Waals surface area (Å²) >= 11 is 0. The highest BCUT2D eigenvalue weighted by Gasteiger charge is 2.21. The third-order valence-corrected chi connectivity index (χ3v) is 3.44. The fourth-order valence-corrected chi connectivity index (χ4v) is 2.32. The van der Waals surface area contributed by atoms with Crippen LogP contribution in [0.5, 0.6) is 0 Å². The Morgan fingerprint density at radius 3 is 2.33 bits per heavy atom. The third kappa shape index (κ3) is 3.47. The van der Waals surface area contributed by atoms with Gasteiger partial charge in [0.1, 0.15) is 0 Å². The standard InChI is InChI=1S/C14H20N2O.ClH/c1-10-4-3-5-11(2)13(10)16-14(17)12-6-8-15-9-7-12;/h3-5,12,15H,6-9H2,1-2H3,(H,16,17);1H. The second-order valence-corrected chi connectivity index (χ2v) is 4.78. The first-order valence-corrected chi connectivity index (χ1v) is 6.26. The van der Waals surface area contributed by atoms with E-state index in [1.807, 2.05) is 32.0 Å². The Kier molecular flexibility index (Phi) is 5.63. The van der Waals surface area contributed by atoms with Crippen LogP contribution in [0.2, 0.25) is 0 Å². The Labute approximate surface area is 115 Å². The molecule has 1 aromatic rings. The van der Waals surface area contributed by atoms with Crippen LogP contribution in [0.1, 0.15) is 24.0 Å². The highest BCUT2D eigenvalue weighted by Crippen LogP contribution is 2.22. The van der Waals surface area contributed by atoms with Gasteiger partial charge in [0.05, 0.1) is 0 Å².